The molecule has 138 valence electrons. The Kier molecular flexibility index (Phi) is 4.34. The van der Waals surface area contributed by atoms with E-state index in [0.717, 1.165) is 36.8 Å². The Morgan fingerprint density at radius 1 is 1.19 bits per heavy atom. The summed E-state index contributed by atoms with van der Waals surface area (Å²) >= 11 is 1.33. The lowest BCUT2D eigenvalue weighted by Crippen LogP contribution is -2.36. The topological polar surface area (TPSA) is 58.1 Å². The molecule has 1 aromatic carbocycles. The third kappa shape index (κ3) is 3.82. The number of halogens is 3. The molecule has 0 atom stereocenters. The number of aromatic nitrogens is 2. The number of urea groups is 1. The van der Waals surface area contributed by atoms with Gasteiger partial charge in [0, 0.05) is 18.5 Å². The van der Waals surface area contributed by atoms with Crippen molar-refractivity contribution >= 4 is 22.5 Å². The maximum absolute atomic E-state index is 13.2. The van der Waals surface area contributed by atoms with Gasteiger partial charge in [-0.05, 0) is 37.3 Å². The van der Waals surface area contributed by atoms with Crippen LogP contribution in [0.25, 0.3) is 0 Å². The predicted octanol–water partition coefficient (Wildman–Crippen LogP) is 4.63. The first-order valence-electron chi connectivity index (χ1n) is 8.48. The standard InChI is InChI=1S/C17H17F3N4OS/c18-17(19,20)13-4-2-1-3-11(13)9-24(12-7-8-12)16(25)21-15-23-22-14(26-15)10-5-6-10/h1-4,10,12H,5-9H2,(H,21,23,25). The Morgan fingerprint density at radius 3 is 2.58 bits per heavy atom. The first kappa shape index (κ1) is 17.3. The van der Waals surface area contributed by atoms with Crippen molar-refractivity contribution in [3.05, 3.63) is 40.4 Å². The molecule has 2 aromatic rings. The summed E-state index contributed by atoms with van der Waals surface area (Å²) in [6, 6.07) is 4.91. The molecule has 2 fully saturated rings. The van der Waals surface area contributed by atoms with Gasteiger partial charge in [-0.3, -0.25) is 5.32 Å². The lowest BCUT2D eigenvalue weighted by Gasteiger charge is -2.24. The molecule has 0 bridgehead atoms. The minimum Gasteiger partial charge on any atom is -0.317 e. The number of nitrogens with one attached hydrogen (secondary N) is 1. The normalized spacial score (nSPS) is 17.2. The van der Waals surface area contributed by atoms with Crippen LogP contribution in [-0.2, 0) is 12.7 Å². The fourth-order valence-corrected chi connectivity index (χ4v) is 3.72. The molecule has 0 saturated heterocycles. The highest BCUT2D eigenvalue weighted by Gasteiger charge is 2.37. The van der Waals surface area contributed by atoms with E-state index in [0.29, 0.717) is 11.0 Å². The van der Waals surface area contributed by atoms with E-state index < -0.39 is 17.8 Å². The van der Waals surface area contributed by atoms with Crippen LogP contribution < -0.4 is 5.32 Å². The van der Waals surface area contributed by atoms with Crippen molar-refractivity contribution in [1.29, 1.82) is 0 Å². The van der Waals surface area contributed by atoms with Crippen molar-refractivity contribution < 1.29 is 18.0 Å². The van der Waals surface area contributed by atoms with E-state index >= 15 is 0 Å². The van der Waals surface area contributed by atoms with Crippen LogP contribution in [0, 0.1) is 0 Å². The Labute approximate surface area is 152 Å². The quantitative estimate of drug-likeness (QED) is 0.820. The number of amides is 2. The zero-order chi connectivity index (χ0) is 18.3. The van der Waals surface area contributed by atoms with Gasteiger partial charge in [-0.25, -0.2) is 4.79 Å². The van der Waals surface area contributed by atoms with Crippen LogP contribution in [0.2, 0.25) is 0 Å². The number of hydrogen-bond acceptors (Lipinski definition) is 4. The molecule has 1 N–H and O–H groups in total. The van der Waals surface area contributed by atoms with Gasteiger partial charge in [0.15, 0.2) is 0 Å². The lowest BCUT2D eigenvalue weighted by molar-refractivity contribution is -0.138. The van der Waals surface area contributed by atoms with Gasteiger partial charge >= 0.3 is 12.2 Å². The van der Waals surface area contributed by atoms with E-state index in [-0.39, 0.29) is 18.2 Å². The molecule has 26 heavy (non-hydrogen) atoms. The largest absolute Gasteiger partial charge is 0.416 e. The van der Waals surface area contributed by atoms with E-state index in [4.69, 9.17) is 0 Å². The van der Waals surface area contributed by atoms with E-state index in [9.17, 15) is 18.0 Å². The van der Waals surface area contributed by atoms with Gasteiger partial charge in [0.2, 0.25) is 5.13 Å². The fraction of sp³-hybridized carbons (Fsp3) is 0.471. The second kappa shape index (κ2) is 6.53. The van der Waals surface area contributed by atoms with Gasteiger partial charge in [-0.1, -0.05) is 29.5 Å². The summed E-state index contributed by atoms with van der Waals surface area (Å²) in [5.41, 5.74) is -0.608. The number of benzene rings is 1. The van der Waals surface area contributed by atoms with Crippen LogP contribution in [-0.4, -0.2) is 27.2 Å². The molecular weight excluding hydrogens is 365 g/mol. The summed E-state index contributed by atoms with van der Waals surface area (Å²) in [7, 11) is 0. The molecule has 0 spiro atoms. The Balaban J connectivity index is 1.50. The SMILES string of the molecule is O=C(Nc1nnc(C2CC2)s1)N(Cc1ccccc1C(F)(F)F)C1CC1. The van der Waals surface area contributed by atoms with Crippen molar-refractivity contribution in [3.63, 3.8) is 0 Å². The molecule has 5 nitrogen and oxygen atoms in total. The maximum atomic E-state index is 13.2. The van der Waals surface area contributed by atoms with Crippen LogP contribution in [0.1, 0.15) is 47.7 Å². The number of hydrogen-bond donors (Lipinski definition) is 1. The molecule has 0 aliphatic heterocycles. The van der Waals surface area contributed by atoms with E-state index in [1.807, 2.05) is 0 Å². The summed E-state index contributed by atoms with van der Waals surface area (Å²) in [5.74, 6) is 0.441. The van der Waals surface area contributed by atoms with Crippen molar-refractivity contribution in [2.45, 2.75) is 50.4 Å². The van der Waals surface area contributed by atoms with Crippen molar-refractivity contribution in [2.75, 3.05) is 5.32 Å². The lowest BCUT2D eigenvalue weighted by atomic mass is 10.1. The monoisotopic (exact) mass is 382 g/mol. The van der Waals surface area contributed by atoms with Crippen LogP contribution in [0.3, 0.4) is 0 Å². The average molecular weight is 382 g/mol. The molecule has 2 saturated carbocycles. The number of carbonyl (C=O) groups excluding carboxylic acids is 1. The third-order valence-corrected chi connectivity index (χ3v) is 5.49. The molecule has 0 unspecified atom stereocenters. The van der Waals surface area contributed by atoms with E-state index in [2.05, 4.69) is 15.5 Å². The van der Waals surface area contributed by atoms with Crippen LogP contribution in [0.15, 0.2) is 24.3 Å². The van der Waals surface area contributed by atoms with Crippen molar-refractivity contribution in [1.82, 2.24) is 15.1 Å². The maximum Gasteiger partial charge on any atom is 0.416 e. The van der Waals surface area contributed by atoms with Crippen LogP contribution >= 0.6 is 11.3 Å². The molecule has 2 aliphatic carbocycles. The molecule has 4 rings (SSSR count). The number of alkyl halides is 3. The predicted molar refractivity (Wildman–Crippen MR) is 90.9 cm³/mol. The first-order valence-corrected chi connectivity index (χ1v) is 9.29. The number of anilines is 1. The minimum absolute atomic E-state index is 0.0351. The Bertz CT molecular complexity index is 814. The number of nitrogens with zero attached hydrogens (tertiary/aromatic N) is 3. The highest BCUT2D eigenvalue weighted by molar-refractivity contribution is 7.15. The summed E-state index contributed by atoms with van der Waals surface area (Å²) in [6.45, 7) is -0.0829. The second-order valence-corrected chi connectivity index (χ2v) is 7.67. The summed E-state index contributed by atoms with van der Waals surface area (Å²) in [6.07, 6.45) is -0.674. The van der Waals surface area contributed by atoms with Gasteiger partial charge in [-0.2, -0.15) is 13.2 Å². The van der Waals surface area contributed by atoms with Crippen LogP contribution in [0.4, 0.5) is 23.1 Å². The minimum atomic E-state index is -4.44. The summed E-state index contributed by atoms with van der Waals surface area (Å²) in [5, 5.41) is 12.0. The van der Waals surface area contributed by atoms with Gasteiger partial charge in [0.1, 0.15) is 5.01 Å². The molecule has 2 amide bonds. The smallest absolute Gasteiger partial charge is 0.317 e. The number of carbonyl (C=O) groups is 1. The molecular formula is C17H17F3N4OS. The molecule has 2 aliphatic rings. The summed E-state index contributed by atoms with van der Waals surface area (Å²) in [4.78, 5) is 14.1. The Morgan fingerprint density at radius 2 is 1.92 bits per heavy atom. The van der Waals surface area contributed by atoms with E-state index in [1.165, 1.54) is 28.4 Å². The molecule has 1 heterocycles. The van der Waals surface area contributed by atoms with Gasteiger partial charge in [0.05, 0.1) is 5.56 Å². The summed E-state index contributed by atoms with van der Waals surface area (Å²) < 4.78 is 39.6. The highest BCUT2D eigenvalue weighted by Crippen LogP contribution is 2.42. The van der Waals surface area contributed by atoms with Crippen LogP contribution in [0.5, 0.6) is 0 Å². The zero-order valence-corrected chi connectivity index (χ0v) is 14.6. The van der Waals surface area contributed by atoms with E-state index in [1.54, 1.807) is 6.07 Å². The Hall–Kier alpha value is -2.16. The van der Waals surface area contributed by atoms with Crippen molar-refractivity contribution in [2.24, 2.45) is 0 Å². The molecule has 9 heteroatoms. The fourth-order valence-electron chi connectivity index (χ4n) is 2.81. The molecule has 0 radical (unpaired) electrons. The average Bonchev–Trinajstić information content (AvgIpc) is 3.51. The van der Waals surface area contributed by atoms with Gasteiger partial charge in [-0.15, -0.1) is 10.2 Å². The molecule has 1 aromatic heterocycles. The first-order chi connectivity index (χ1) is 12.4. The zero-order valence-electron chi connectivity index (χ0n) is 13.8. The van der Waals surface area contributed by atoms with Gasteiger partial charge in [0.25, 0.3) is 0 Å². The number of rotatable bonds is 5. The highest BCUT2D eigenvalue weighted by atomic mass is 32.1. The second-order valence-electron chi connectivity index (χ2n) is 6.66. The third-order valence-electron chi connectivity index (χ3n) is 4.49. The van der Waals surface area contributed by atoms with Gasteiger partial charge < -0.3 is 4.90 Å². The van der Waals surface area contributed by atoms with Crippen molar-refractivity contribution in [3.8, 4) is 0 Å².